The predicted molar refractivity (Wildman–Crippen MR) is 63.3 cm³/mol. The molecule has 0 fully saturated rings. The van der Waals surface area contributed by atoms with Gasteiger partial charge in [-0.1, -0.05) is 0 Å². The molecule has 0 aliphatic rings. The molecular weight excluding hydrogens is 278 g/mol. The van der Waals surface area contributed by atoms with E-state index in [0.717, 1.165) is 10.4 Å². The number of carboxylic acids is 1. The monoisotopic (exact) mass is 293 g/mol. The number of nitrogens with zero attached hydrogens (tertiary/aromatic N) is 1. The number of aliphatic hydroxyl groups is 2. The van der Waals surface area contributed by atoms with Gasteiger partial charge in [0.1, 0.15) is 10.7 Å². The quantitative estimate of drug-likeness (QED) is 0.604. The Hall–Kier alpha value is -1.42. The molecule has 19 heavy (non-hydrogen) atoms. The highest BCUT2D eigenvalue weighted by Crippen LogP contribution is 2.23. The molecular formula is C10H15NO7S. The molecule has 0 radical (unpaired) electrons. The van der Waals surface area contributed by atoms with Gasteiger partial charge in [-0.3, -0.25) is 0 Å². The molecule has 0 saturated heterocycles. The number of carboxylic acid groups (broad SMARTS) is 1. The maximum atomic E-state index is 12.2. The molecule has 108 valence electrons. The van der Waals surface area contributed by atoms with Gasteiger partial charge < -0.3 is 19.7 Å². The molecule has 8 nitrogen and oxygen atoms in total. The summed E-state index contributed by atoms with van der Waals surface area (Å²) in [6, 6.07) is 0.911. The first-order valence-electron chi connectivity index (χ1n) is 5.40. The number of aryl methyl sites for hydroxylation is 1. The number of rotatable bonds is 7. The highest BCUT2D eigenvalue weighted by Gasteiger charge is 2.29. The van der Waals surface area contributed by atoms with E-state index in [1.165, 1.54) is 6.92 Å². The molecule has 0 atom stereocenters. The van der Waals surface area contributed by atoms with Crippen molar-refractivity contribution in [1.29, 1.82) is 0 Å². The Morgan fingerprint density at radius 1 is 1.32 bits per heavy atom. The van der Waals surface area contributed by atoms with Crippen LogP contribution >= 0.6 is 0 Å². The van der Waals surface area contributed by atoms with E-state index in [2.05, 4.69) is 0 Å². The first kappa shape index (κ1) is 15.6. The molecule has 0 amide bonds. The Kier molecular flexibility index (Phi) is 5.06. The second-order valence-corrected chi connectivity index (χ2v) is 5.59. The van der Waals surface area contributed by atoms with Gasteiger partial charge in [0.2, 0.25) is 15.8 Å². The lowest BCUT2D eigenvalue weighted by molar-refractivity contribution is 0.0661. The second-order valence-electron chi connectivity index (χ2n) is 3.69. The minimum atomic E-state index is -4.01. The summed E-state index contributed by atoms with van der Waals surface area (Å²) in [7, 11) is -4.01. The van der Waals surface area contributed by atoms with E-state index < -0.39 is 35.0 Å². The van der Waals surface area contributed by atoms with Gasteiger partial charge in [-0.05, 0) is 6.92 Å². The standard InChI is InChI=1S/C10H15NO7S/c1-7-9(6-8(18-7)10(14)15)19(16,17)11(2-4-12)3-5-13/h6,12-13H,2-5H2,1H3,(H,14,15). The number of sulfonamides is 1. The van der Waals surface area contributed by atoms with Crippen molar-refractivity contribution in [3.8, 4) is 0 Å². The summed E-state index contributed by atoms with van der Waals surface area (Å²) in [6.45, 7) is 0.102. The van der Waals surface area contributed by atoms with Crippen LogP contribution in [0.5, 0.6) is 0 Å². The summed E-state index contributed by atoms with van der Waals surface area (Å²) in [5.74, 6) is -1.91. The van der Waals surface area contributed by atoms with E-state index >= 15 is 0 Å². The van der Waals surface area contributed by atoms with Crippen molar-refractivity contribution in [2.24, 2.45) is 0 Å². The van der Waals surface area contributed by atoms with Crippen molar-refractivity contribution in [3.05, 3.63) is 17.6 Å². The summed E-state index contributed by atoms with van der Waals surface area (Å²) in [5.41, 5.74) is 0. The number of hydrogen-bond acceptors (Lipinski definition) is 6. The topological polar surface area (TPSA) is 128 Å². The van der Waals surface area contributed by atoms with Crippen LogP contribution in [0.25, 0.3) is 0 Å². The predicted octanol–water partition coefficient (Wildman–Crippen LogP) is -0.738. The molecule has 9 heteroatoms. The minimum absolute atomic E-state index is 0.0571. The average Bonchev–Trinajstić information content (AvgIpc) is 2.72. The smallest absolute Gasteiger partial charge is 0.371 e. The SMILES string of the molecule is Cc1oc(C(=O)O)cc1S(=O)(=O)N(CCO)CCO. The third-order valence-corrected chi connectivity index (χ3v) is 4.41. The van der Waals surface area contributed by atoms with Crippen molar-refractivity contribution in [1.82, 2.24) is 4.31 Å². The zero-order valence-corrected chi connectivity index (χ0v) is 11.1. The van der Waals surface area contributed by atoms with Crippen LogP contribution in [0.4, 0.5) is 0 Å². The third kappa shape index (κ3) is 3.32. The lowest BCUT2D eigenvalue weighted by Crippen LogP contribution is -2.36. The van der Waals surface area contributed by atoms with Crippen LogP contribution in [-0.2, 0) is 10.0 Å². The van der Waals surface area contributed by atoms with Crippen LogP contribution in [0.2, 0.25) is 0 Å². The summed E-state index contributed by atoms with van der Waals surface area (Å²) in [6.07, 6.45) is 0. The summed E-state index contributed by atoms with van der Waals surface area (Å²) in [4.78, 5) is 10.4. The zero-order valence-electron chi connectivity index (χ0n) is 10.2. The Morgan fingerprint density at radius 2 is 1.84 bits per heavy atom. The van der Waals surface area contributed by atoms with Crippen LogP contribution in [-0.4, -0.2) is 60.3 Å². The van der Waals surface area contributed by atoms with Gasteiger partial charge in [-0.15, -0.1) is 0 Å². The second kappa shape index (κ2) is 6.15. The van der Waals surface area contributed by atoms with E-state index in [0.29, 0.717) is 0 Å². The van der Waals surface area contributed by atoms with Crippen LogP contribution < -0.4 is 0 Å². The first-order chi connectivity index (χ1) is 8.84. The van der Waals surface area contributed by atoms with Crippen LogP contribution in [0.3, 0.4) is 0 Å². The molecule has 0 saturated carbocycles. The normalized spacial score (nSPS) is 12.0. The number of aromatic carboxylic acids is 1. The lowest BCUT2D eigenvalue weighted by atomic mass is 10.4. The fourth-order valence-corrected chi connectivity index (χ4v) is 3.12. The molecule has 0 unspecified atom stereocenters. The molecule has 0 spiro atoms. The minimum Gasteiger partial charge on any atom is -0.475 e. The van der Waals surface area contributed by atoms with E-state index in [4.69, 9.17) is 19.7 Å². The number of aliphatic hydroxyl groups excluding tert-OH is 2. The number of furan rings is 1. The van der Waals surface area contributed by atoms with Crippen molar-refractivity contribution in [2.75, 3.05) is 26.3 Å². The van der Waals surface area contributed by atoms with Crippen molar-refractivity contribution in [2.45, 2.75) is 11.8 Å². The van der Waals surface area contributed by atoms with Crippen LogP contribution in [0.1, 0.15) is 16.3 Å². The molecule has 1 heterocycles. The fourth-order valence-electron chi connectivity index (χ4n) is 1.54. The third-order valence-electron chi connectivity index (χ3n) is 2.40. The molecule has 1 aromatic rings. The highest BCUT2D eigenvalue weighted by atomic mass is 32.2. The molecule has 3 N–H and O–H groups in total. The molecule has 0 aliphatic carbocycles. The van der Waals surface area contributed by atoms with Crippen molar-refractivity contribution >= 4 is 16.0 Å². The van der Waals surface area contributed by atoms with E-state index in [9.17, 15) is 13.2 Å². The molecule has 0 aliphatic heterocycles. The molecule has 0 aromatic carbocycles. The number of hydrogen-bond donors (Lipinski definition) is 3. The summed E-state index contributed by atoms with van der Waals surface area (Å²) >= 11 is 0. The first-order valence-corrected chi connectivity index (χ1v) is 6.84. The lowest BCUT2D eigenvalue weighted by Gasteiger charge is -2.19. The van der Waals surface area contributed by atoms with Crippen LogP contribution in [0, 0.1) is 6.92 Å². The Labute approximate surface area is 109 Å². The summed E-state index contributed by atoms with van der Waals surface area (Å²) in [5, 5.41) is 26.4. The van der Waals surface area contributed by atoms with E-state index in [1.54, 1.807) is 0 Å². The van der Waals surface area contributed by atoms with Gasteiger partial charge in [0.05, 0.1) is 13.2 Å². The van der Waals surface area contributed by atoms with Gasteiger partial charge in [0.25, 0.3) is 0 Å². The maximum absolute atomic E-state index is 12.2. The zero-order chi connectivity index (χ0) is 14.6. The van der Waals surface area contributed by atoms with Gasteiger partial charge in [-0.25, -0.2) is 13.2 Å². The maximum Gasteiger partial charge on any atom is 0.371 e. The van der Waals surface area contributed by atoms with Gasteiger partial charge in [0, 0.05) is 19.2 Å². The highest BCUT2D eigenvalue weighted by molar-refractivity contribution is 7.89. The van der Waals surface area contributed by atoms with Crippen molar-refractivity contribution < 1.29 is 32.9 Å². The number of carbonyl (C=O) groups is 1. The average molecular weight is 293 g/mol. The Bertz CT molecular complexity index is 542. The van der Waals surface area contributed by atoms with Gasteiger partial charge in [0.15, 0.2) is 0 Å². The Morgan fingerprint density at radius 3 is 2.21 bits per heavy atom. The van der Waals surface area contributed by atoms with Crippen molar-refractivity contribution in [3.63, 3.8) is 0 Å². The van der Waals surface area contributed by atoms with Crippen LogP contribution in [0.15, 0.2) is 15.4 Å². The molecule has 0 bridgehead atoms. The van der Waals surface area contributed by atoms with E-state index in [-0.39, 0.29) is 23.7 Å². The van der Waals surface area contributed by atoms with Gasteiger partial charge >= 0.3 is 5.97 Å². The summed E-state index contributed by atoms with van der Waals surface area (Å²) < 4.78 is 30.1. The fraction of sp³-hybridized carbons (Fsp3) is 0.500. The van der Waals surface area contributed by atoms with E-state index in [1.807, 2.05) is 0 Å². The molecule has 1 aromatic heterocycles. The Balaban J connectivity index is 3.20. The molecule has 1 rings (SSSR count). The largest absolute Gasteiger partial charge is 0.475 e. The van der Waals surface area contributed by atoms with Gasteiger partial charge in [-0.2, -0.15) is 4.31 Å².